The summed E-state index contributed by atoms with van der Waals surface area (Å²) < 4.78 is 2.12. The minimum absolute atomic E-state index is 0.533. The third-order valence-electron chi connectivity index (χ3n) is 4.27. The summed E-state index contributed by atoms with van der Waals surface area (Å²) in [6.07, 6.45) is 4.62. The van der Waals surface area contributed by atoms with Gasteiger partial charge in [-0.05, 0) is 38.9 Å². The largest absolute Gasteiger partial charge is 0.358 e. The third kappa shape index (κ3) is 2.55. The molecular formula is C14H23N5S. The van der Waals surface area contributed by atoms with Gasteiger partial charge in [0.25, 0.3) is 0 Å². The minimum Gasteiger partial charge on any atom is -0.358 e. The number of hydrogen-bond donors (Lipinski definition) is 1. The van der Waals surface area contributed by atoms with E-state index in [2.05, 4.69) is 39.9 Å². The van der Waals surface area contributed by atoms with Crippen LogP contribution >= 0.6 is 11.3 Å². The summed E-state index contributed by atoms with van der Waals surface area (Å²) in [7, 11) is 4.35. The molecule has 3 rings (SSSR count). The summed E-state index contributed by atoms with van der Waals surface area (Å²) in [6, 6.07) is 0. The molecule has 5 nitrogen and oxygen atoms in total. The molecule has 3 heterocycles. The van der Waals surface area contributed by atoms with Gasteiger partial charge in [-0.1, -0.05) is 0 Å². The Morgan fingerprint density at radius 3 is 2.90 bits per heavy atom. The first-order valence-corrected chi connectivity index (χ1v) is 8.11. The number of piperidine rings is 1. The second-order valence-electron chi connectivity index (χ2n) is 5.77. The van der Waals surface area contributed by atoms with Crippen LogP contribution in [0.15, 0.2) is 11.6 Å². The molecule has 0 radical (unpaired) electrons. The van der Waals surface area contributed by atoms with Gasteiger partial charge in [0.2, 0.25) is 0 Å². The Labute approximate surface area is 124 Å². The standard InChI is InChI=1S/C14H23N5S/c1-17-5-3-11(4-6-17)10-18(2)13-12(9-15)19-7-8-20-14(19)16-13/h7-8,11H,3-6,9-10,15H2,1-2H3. The number of imidazole rings is 1. The molecule has 6 heteroatoms. The van der Waals surface area contributed by atoms with Crippen LogP contribution in [0.2, 0.25) is 0 Å². The van der Waals surface area contributed by atoms with Gasteiger partial charge in [0.15, 0.2) is 10.8 Å². The normalized spacial score (nSPS) is 17.9. The first-order chi connectivity index (χ1) is 9.69. The van der Waals surface area contributed by atoms with Gasteiger partial charge in [-0.3, -0.25) is 4.40 Å². The number of likely N-dealkylation sites (tertiary alicyclic amines) is 1. The van der Waals surface area contributed by atoms with E-state index in [1.54, 1.807) is 11.3 Å². The summed E-state index contributed by atoms with van der Waals surface area (Å²) in [5.74, 6) is 1.82. The second-order valence-corrected chi connectivity index (χ2v) is 6.64. The van der Waals surface area contributed by atoms with E-state index >= 15 is 0 Å². The van der Waals surface area contributed by atoms with Gasteiger partial charge in [0.1, 0.15) is 0 Å². The monoisotopic (exact) mass is 293 g/mol. The fraction of sp³-hybridized carbons (Fsp3) is 0.643. The predicted molar refractivity (Wildman–Crippen MR) is 84.5 cm³/mol. The molecule has 0 atom stereocenters. The van der Waals surface area contributed by atoms with Crippen LogP contribution < -0.4 is 10.6 Å². The predicted octanol–water partition coefficient (Wildman–Crippen LogP) is 1.63. The third-order valence-corrected chi connectivity index (χ3v) is 5.02. The molecule has 0 aliphatic carbocycles. The minimum atomic E-state index is 0.533. The van der Waals surface area contributed by atoms with Crippen molar-refractivity contribution in [3.8, 4) is 0 Å². The molecule has 1 aliphatic rings. The Hall–Kier alpha value is -1.11. The highest BCUT2D eigenvalue weighted by Crippen LogP contribution is 2.26. The molecule has 1 fully saturated rings. The lowest BCUT2D eigenvalue weighted by Gasteiger charge is -2.32. The highest BCUT2D eigenvalue weighted by Gasteiger charge is 2.21. The summed E-state index contributed by atoms with van der Waals surface area (Å²) >= 11 is 1.66. The summed E-state index contributed by atoms with van der Waals surface area (Å²) in [6.45, 7) is 4.03. The molecule has 0 bridgehead atoms. The smallest absolute Gasteiger partial charge is 0.195 e. The van der Waals surface area contributed by atoms with E-state index in [0.717, 1.165) is 28.9 Å². The van der Waals surface area contributed by atoms with Crippen LogP contribution in [0.4, 0.5) is 5.82 Å². The zero-order chi connectivity index (χ0) is 14.1. The Morgan fingerprint density at radius 1 is 1.45 bits per heavy atom. The Bertz CT molecular complexity index is 567. The fourth-order valence-corrected chi connectivity index (χ4v) is 3.76. The van der Waals surface area contributed by atoms with Gasteiger partial charge >= 0.3 is 0 Å². The molecule has 0 aromatic carbocycles. The number of fused-ring (bicyclic) bond motifs is 1. The van der Waals surface area contributed by atoms with Crippen LogP contribution in [0.3, 0.4) is 0 Å². The number of hydrogen-bond acceptors (Lipinski definition) is 5. The van der Waals surface area contributed by atoms with Gasteiger partial charge < -0.3 is 15.5 Å². The van der Waals surface area contributed by atoms with E-state index in [1.165, 1.54) is 25.9 Å². The molecular weight excluding hydrogens is 270 g/mol. The number of rotatable bonds is 4. The van der Waals surface area contributed by atoms with Crippen molar-refractivity contribution in [2.24, 2.45) is 11.7 Å². The lowest BCUT2D eigenvalue weighted by atomic mass is 9.97. The number of nitrogens with zero attached hydrogens (tertiary/aromatic N) is 4. The molecule has 2 aromatic heterocycles. The highest BCUT2D eigenvalue weighted by molar-refractivity contribution is 7.15. The fourth-order valence-electron chi connectivity index (χ4n) is 3.03. The van der Waals surface area contributed by atoms with Crippen molar-refractivity contribution >= 4 is 22.1 Å². The molecule has 0 unspecified atom stereocenters. The molecule has 1 saturated heterocycles. The van der Waals surface area contributed by atoms with E-state index in [4.69, 9.17) is 10.7 Å². The van der Waals surface area contributed by atoms with Crippen molar-refractivity contribution in [1.29, 1.82) is 0 Å². The SMILES string of the molecule is CN1CCC(CN(C)c2nc3sccn3c2CN)CC1. The molecule has 0 amide bonds. The van der Waals surface area contributed by atoms with Crippen molar-refractivity contribution < 1.29 is 0 Å². The zero-order valence-electron chi connectivity index (χ0n) is 12.2. The molecule has 0 saturated carbocycles. The van der Waals surface area contributed by atoms with E-state index in [1.807, 2.05) is 0 Å². The molecule has 1 aliphatic heterocycles. The highest BCUT2D eigenvalue weighted by atomic mass is 32.1. The Morgan fingerprint density at radius 2 is 2.20 bits per heavy atom. The maximum Gasteiger partial charge on any atom is 0.195 e. The van der Waals surface area contributed by atoms with Crippen LogP contribution in [-0.4, -0.2) is 48.0 Å². The molecule has 110 valence electrons. The summed E-state index contributed by atoms with van der Waals surface area (Å²) in [4.78, 5) is 10.5. The van der Waals surface area contributed by atoms with Crippen LogP contribution in [0, 0.1) is 5.92 Å². The first kappa shape index (κ1) is 13.9. The zero-order valence-corrected chi connectivity index (χ0v) is 13.1. The molecule has 2 aromatic rings. The lowest BCUT2D eigenvalue weighted by molar-refractivity contribution is 0.222. The van der Waals surface area contributed by atoms with E-state index in [-0.39, 0.29) is 0 Å². The average molecular weight is 293 g/mol. The van der Waals surface area contributed by atoms with Gasteiger partial charge in [-0.15, -0.1) is 11.3 Å². The summed E-state index contributed by atoms with van der Waals surface area (Å²) in [5, 5.41) is 2.06. The van der Waals surface area contributed by atoms with Crippen molar-refractivity contribution in [3.63, 3.8) is 0 Å². The average Bonchev–Trinajstić information content (AvgIpc) is 3.01. The number of nitrogens with two attached hydrogens (primary N) is 1. The van der Waals surface area contributed by atoms with E-state index in [9.17, 15) is 0 Å². The molecule has 2 N–H and O–H groups in total. The van der Waals surface area contributed by atoms with Crippen LogP contribution in [0.1, 0.15) is 18.5 Å². The number of thiazole rings is 1. The molecule has 20 heavy (non-hydrogen) atoms. The van der Waals surface area contributed by atoms with Gasteiger partial charge in [-0.25, -0.2) is 4.98 Å². The summed E-state index contributed by atoms with van der Waals surface area (Å²) in [5.41, 5.74) is 7.04. The topological polar surface area (TPSA) is 49.8 Å². The van der Waals surface area contributed by atoms with Gasteiger partial charge in [0, 0.05) is 31.7 Å². The second kappa shape index (κ2) is 5.71. The number of aromatic nitrogens is 2. The van der Waals surface area contributed by atoms with Crippen LogP contribution in [0.5, 0.6) is 0 Å². The van der Waals surface area contributed by atoms with Crippen molar-refractivity contribution in [2.75, 3.05) is 38.6 Å². The van der Waals surface area contributed by atoms with Gasteiger partial charge in [-0.2, -0.15) is 0 Å². The van der Waals surface area contributed by atoms with E-state index < -0.39 is 0 Å². The maximum absolute atomic E-state index is 5.92. The first-order valence-electron chi connectivity index (χ1n) is 7.23. The quantitative estimate of drug-likeness (QED) is 0.931. The Kier molecular flexibility index (Phi) is 3.96. The number of anilines is 1. The molecule has 0 spiro atoms. The maximum atomic E-state index is 5.92. The van der Waals surface area contributed by atoms with E-state index in [0.29, 0.717) is 6.54 Å². The van der Waals surface area contributed by atoms with Crippen molar-refractivity contribution in [2.45, 2.75) is 19.4 Å². The van der Waals surface area contributed by atoms with Gasteiger partial charge in [0.05, 0.1) is 5.69 Å². The lowest BCUT2D eigenvalue weighted by Crippen LogP contribution is -2.36. The van der Waals surface area contributed by atoms with Crippen LogP contribution in [0.25, 0.3) is 4.96 Å². The Balaban J connectivity index is 1.74. The van der Waals surface area contributed by atoms with Crippen molar-refractivity contribution in [3.05, 3.63) is 17.3 Å². The van der Waals surface area contributed by atoms with Crippen molar-refractivity contribution in [1.82, 2.24) is 14.3 Å². The van der Waals surface area contributed by atoms with Crippen LogP contribution in [-0.2, 0) is 6.54 Å².